The molecule has 0 spiro atoms. The van der Waals surface area contributed by atoms with Gasteiger partial charge < -0.3 is 15.1 Å². The first-order chi connectivity index (χ1) is 7.85. The molecule has 0 aliphatic heterocycles. The molecule has 0 amide bonds. The summed E-state index contributed by atoms with van der Waals surface area (Å²) in [4.78, 5) is 2.09. The molecule has 1 fully saturated rings. The number of aliphatic hydroxyl groups excluding tert-OH is 2. The van der Waals surface area contributed by atoms with Crippen molar-refractivity contribution in [1.82, 2.24) is 10.2 Å². The third kappa shape index (κ3) is 2.31. The molecular weight excluding hydrogens is 206 g/mol. The summed E-state index contributed by atoms with van der Waals surface area (Å²) in [6.07, 6.45) is 3.56. The standard InChI is InChI=1S/C11H17N3O2/c15-7-6-14(10-2-1-3-10)11-5-4-9(8-16)12-13-11/h4-5,10,15-16H,1-3,6-8H2. The number of aliphatic hydroxyl groups is 2. The average Bonchev–Trinajstić information content (AvgIpc) is 2.26. The summed E-state index contributed by atoms with van der Waals surface area (Å²) in [6, 6.07) is 4.11. The van der Waals surface area contributed by atoms with E-state index in [1.807, 2.05) is 6.07 Å². The molecule has 0 saturated heterocycles. The molecule has 0 unspecified atom stereocenters. The minimum atomic E-state index is -0.0866. The van der Waals surface area contributed by atoms with E-state index in [1.54, 1.807) is 6.07 Å². The van der Waals surface area contributed by atoms with Gasteiger partial charge in [-0.2, -0.15) is 5.10 Å². The van der Waals surface area contributed by atoms with Gasteiger partial charge in [-0.1, -0.05) is 0 Å². The Bertz CT molecular complexity index is 325. The van der Waals surface area contributed by atoms with Gasteiger partial charge in [-0.15, -0.1) is 5.10 Å². The Balaban J connectivity index is 2.10. The second-order valence-corrected chi connectivity index (χ2v) is 4.04. The fourth-order valence-electron chi connectivity index (χ4n) is 1.88. The SMILES string of the molecule is OCCN(c1ccc(CO)nn1)C1CCC1. The van der Waals surface area contributed by atoms with E-state index in [4.69, 9.17) is 10.2 Å². The molecule has 1 aromatic rings. The van der Waals surface area contributed by atoms with Crippen LogP contribution in [-0.4, -0.2) is 39.6 Å². The highest BCUT2D eigenvalue weighted by Crippen LogP contribution is 2.27. The van der Waals surface area contributed by atoms with Crippen molar-refractivity contribution in [2.75, 3.05) is 18.1 Å². The fourth-order valence-corrected chi connectivity index (χ4v) is 1.88. The van der Waals surface area contributed by atoms with Gasteiger partial charge in [-0.3, -0.25) is 0 Å². The Morgan fingerprint density at radius 3 is 2.50 bits per heavy atom. The molecule has 0 radical (unpaired) electrons. The van der Waals surface area contributed by atoms with Crippen molar-refractivity contribution in [3.63, 3.8) is 0 Å². The molecule has 0 bridgehead atoms. The summed E-state index contributed by atoms with van der Waals surface area (Å²) in [6.45, 7) is 0.633. The van der Waals surface area contributed by atoms with Crippen LogP contribution in [0, 0.1) is 0 Å². The topological polar surface area (TPSA) is 69.5 Å². The first kappa shape index (κ1) is 11.3. The molecule has 1 saturated carbocycles. The molecule has 1 aliphatic carbocycles. The minimum Gasteiger partial charge on any atom is -0.395 e. The minimum absolute atomic E-state index is 0.0866. The monoisotopic (exact) mass is 223 g/mol. The Kier molecular flexibility index (Phi) is 3.69. The van der Waals surface area contributed by atoms with Crippen LogP contribution in [0.3, 0.4) is 0 Å². The van der Waals surface area contributed by atoms with E-state index >= 15 is 0 Å². The number of rotatable bonds is 5. The van der Waals surface area contributed by atoms with Crippen LogP contribution in [0.4, 0.5) is 5.82 Å². The number of hydrogen-bond acceptors (Lipinski definition) is 5. The van der Waals surface area contributed by atoms with Crippen LogP contribution < -0.4 is 4.90 Å². The van der Waals surface area contributed by atoms with E-state index in [0.717, 1.165) is 18.7 Å². The summed E-state index contributed by atoms with van der Waals surface area (Å²) in [7, 11) is 0. The lowest BCUT2D eigenvalue weighted by Gasteiger charge is -2.37. The van der Waals surface area contributed by atoms with Crippen molar-refractivity contribution in [3.05, 3.63) is 17.8 Å². The molecule has 2 N–H and O–H groups in total. The van der Waals surface area contributed by atoms with E-state index in [9.17, 15) is 0 Å². The second kappa shape index (κ2) is 5.23. The van der Waals surface area contributed by atoms with Crippen LogP contribution >= 0.6 is 0 Å². The van der Waals surface area contributed by atoms with Gasteiger partial charge in [0.25, 0.3) is 0 Å². The van der Waals surface area contributed by atoms with Gasteiger partial charge in [0, 0.05) is 12.6 Å². The van der Waals surface area contributed by atoms with Crippen molar-refractivity contribution in [3.8, 4) is 0 Å². The van der Waals surface area contributed by atoms with Gasteiger partial charge in [-0.05, 0) is 31.4 Å². The Hall–Kier alpha value is -1.20. The normalized spacial score (nSPS) is 15.9. The van der Waals surface area contributed by atoms with Crippen molar-refractivity contribution in [2.45, 2.75) is 31.9 Å². The number of nitrogens with zero attached hydrogens (tertiary/aromatic N) is 3. The fraction of sp³-hybridized carbons (Fsp3) is 0.636. The predicted octanol–water partition coefficient (Wildman–Crippen LogP) is 0.320. The molecule has 0 atom stereocenters. The molecule has 1 aromatic heterocycles. The quantitative estimate of drug-likeness (QED) is 0.752. The highest BCUT2D eigenvalue weighted by molar-refractivity contribution is 5.39. The van der Waals surface area contributed by atoms with Gasteiger partial charge in [0.05, 0.1) is 18.9 Å². The van der Waals surface area contributed by atoms with E-state index in [1.165, 1.54) is 6.42 Å². The average molecular weight is 223 g/mol. The lowest BCUT2D eigenvalue weighted by atomic mass is 9.91. The third-order valence-electron chi connectivity index (χ3n) is 3.02. The molecule has 0 aromatic carbocycles. The maximum Gasteiger partial charge on any atom is 0.151 e. The number of anilines is 1. The van der Waals surface area contributed by atoms with Gasteiger partial charge >= 0.3 is 0 Å². The van der Waals surface area contributed by atoms with Crippen LogP contribution in [-0.2, 0) is 6.61 Å². The zero-order chi connectivity index (χ0) is 11.4. The zero-order valence-electron chi connectivity index (χ0n) is 9.21. The van der Waals surface area contributed by atoms with Crippen LogP contribution in [0.25, 0.3) is 0 Å². The molecule has 5 nitrogen and oxygen atoms in total. The van der Waals surface area contributed by atoms with E-state index in [2.05, 4.69) is 15.1 Å². The molecule has 1 aliphatic rings. The Morgan fingerprint density at radius 2 is 2.06 bits per heavy atom. The summed E-state index contributed by atoms with van der Waals surface area (Å²) in [5.41, 5.74) is 0.571. The summed E-state index contributed by atoms with van der Waals surface area (Å²) < 4.78 is 0. The molecule has 1 heterocycles. The second-order valence-electron chi connectivity index (χ2n) is 4.04. The predicted molar refractivity (Wildman–Crippen MR) is 60.0 cm³/mol. The van der Waals surface area contributed by atoms with Gasteiger partial charge in [0.2, 0.25) is 0 Å². The highest BCUT2D eigenvalue weighted by atomic mass is 16.3. The highest BCUT2D eigenvalue weighted by Gasteiger charge is 2.25. The summed E-state index contributed by atoms with van der Waals surface area (Å²) in [5, 5.41) is 25.9. The van der Waals surface area contributed by atoms with Crippen LogP contribution in [0.15, 0.2) is 12.1 Å². The largest absolute Gasteiger partial charge is 0.395 e. The summed E-state index contributed by atoms with van der Waals surface area (Å²) >= 11 is 0. The number of hydrogen-bond donors (Lipinski definition) is 2. The van der Waals surface area contributed by atoms with E-state index in [-0.39, 0.29) is 13.2 Å². The van der Waals surface area contributed by atoms with E-state index in [0.29, 0.717) is 18.3 Å². The van der Waals surface area contributed by atoms with Gasteiger partial charge in [-0.25, -0.2) is 0 Å². The first-order valence-electron chi connectivity index (χ1n) is 5.66. The summed E-state index contributed by atoms with van der Waals surface area (Å²) in [5.74, 6) is 0.788. The first-order valence-corrected chi connectivity index (χ1v) is 5.66. The maximum atomic E-state index is 9.04. The lowest BCUT2D eigenvalue weighted by Crippen LogP contribution is -2.42. The molecule has 2 rings (SSSR count). The molecule has 88 valence electrons. The van der Waals surface area contributed by atoms with Gasteiger partial charge in [0.1, 0.15) is 0 Å². The third-order valence-corrected chi connectivity index (χ3v) is 3.02. The lowest BCUT2D eigenvalue weighted by molar-refractivity contribution is 0.274. The molecular formula is C11H17N3O2. The van der Waals surface area contributed by atoms with Crippen molar-refractivity contribution < 1.29 is 10.2 Å². The smallest absolute Gasteiger partial charge is 0.151 e. The number of aromatic nitrogens is 2. The Labute approximate surface area is 94.7 Å². The molecule has 16 heavy (non-hydrogen) atoms. The maximum absolute atomic E-state index is 9.04. The van der Waals surface area contributed by atoms with E-state index < -0.39 is 0 Å². The van der Waals surface area contributed by atoms with Crippen molar-refractivity contribution >= 4 is 5.82 Å². The zero-order valence-corrected chi connectivity index (χ0v) is 9.21. The van der Waals surface area contributed by atoms with Crippen molar-refractivity contribution in [2.24, 2.45) is 0 Å². The Morgan fingerprint density at radius 1 is 1.25 bits per heavy atom. The van der Waals surface area contributed by atoms with Crippen LogP contribution in [0.2, 0.25) is 0 Å². The van der Waals surface area contributed by atoms with Crippen LogP contribution in [0.1, 0.15) is 25.0 Å². The van der Waals surface area contributed by atoms with Crippen molar-refractivity contribution in [1.29, 1.82) is 0 Å². The van der Waals surface area contributed by atoms with Gasteiger partial charge in [0.15, 0.2) is 5.82 Å². The molecule has 5 heteroatoms. The van der Waals surface area contributed by atoms with Crippen LogP contribution in [0.5, 0.6) is 0 Å².